The predicted molar refractivity (Wildman–Crippen MR) is 103 cm³/mol. The number of fused-ring (bicyclic) bond motifs is 1. The molecule has 3 nitrogen and oxygen atoms in total. The minimum absolute atomic E-state index is 0.588. The molecule has 25 heavy (non-hydrogen) atoms. The second kappa shape index (κ2) is 6.74. The standard InChI is InChI=1S/C20H19Cl2NO2/c1-11-8-16-18(9-17(11)22)23(10-14-4-6-15(21)7-5-14)13(3)19(16)12(2)20(24)25/h4-9,12H,10H2,1-3H3,(H,24,25). The molecule has 1 N–H and O–H groups in total. The van der Waals surface area contributed by atoms with Crippen molar-refractivity contribution < 1.29 is 9.90 Å². The lowest BCUT2D eigenvalue weighted by Crippen LogP contribution is -2.09. The number of rotatable bonds is 4. The number of aliphatic carboxylic acids is 1. The Morgan fingerprint density at radius 2 is 1.80 bits per heavy atom. The summed E-state index contributed by atoms with van der Waals surface area (Å²) in [5.74, 6) is -1.42. The second-order valence-electron chi connectivity index (χ2n) is 6.39. The molecular weight excluding hydrogens is 357 g/mol. The largest absolute Gasteiger partial charge is 0.481 e. The van der Waals surface area contributed by atoms with E-state index >= 15 is 0 Å². The topological polar surface area (TPSA) is 42.2 Å². The van der Waals surface area contributed by atoms with Gasteiger partial charge in [-0.3, -0.25) is 4.79 Å². The summed E-state index contributed by atoms with van der Waals surface area (Å²) >= 11 is 12.3. The second-order valence-corrected chi connectivity index (χ2v) is 7.23. The van der Waals surface area contributed by atoms with Crippen LogP contribution in [0.25, 0.3) is 10.9 Å². The van der Waals surface area contributed by atoms with Gasteiger partial charge in [-0.25, -0.2) is 0 Å². The lowest BCUT2D eigenvalue weighted by molar-refractivity contribution is -0.138. The van der Waals surface area contributed by atoms with Crippen molar-refractivity contribution in [1.29, 1.82) is 0 Å². The summed E-state index contributed by atoms with van der Waals surface area (Å²) in [5, 5.41) is 11.8. The summed E-state index contributed by atoms with van der Waals surface area (Å²) in [6, 6.07) is 11.6. The predicted octanol–water partition coefficient (Wildman–Crippen LogP) is 5.80. The van der Waals surface area contributed by atoms with E-state index in [1.54, 1.807) is 6.92 Å². The van der Waals surface area contributed by atoms with Crippen molar-refractivity contribution in [3.8, 4) is 0 Å². The Labute approximate surface area is 156 Å². The van der Waals surface area contributed by atoms with Gasteiger partial charge < -0.3 is 9.67 Å². The van der Waals surface area contributed by atoms with Crippen molar-refractivity contribution in [3.63, 3.8) is 0 Å². The maximum Gasteiger partial charge on any atom is 0.310 e. The Balaban J connectivity index is 2.23. The maximum atomic E-state index is 11.6. The number of nitrogens with zero attached hydrogens (tertiary/aromatic N) is 1. The van der Waals surface area contributed by atoms with Gasteiger partial charge in [0.05, 0.1) is 11.4 Å². The lowest BCUT2D eigenvalue weighted by Gasteiger charge is -2.11. The van der Waals surface area contributed by atoms with Crippen molar-refractivity contribution in [1.82, 2.24) is 4.57 Å². The number of aryl methyl sites for hydroxylation is 1. The minimum atomic E-state index is -0.832. The van der Waals surface area contributed by atoms with E-state index in [1.165, 1.54) is 0 Å². The molecular formula is C20H19Cl2NO2. The molecule has 1 heterocycles. The summed E-state index contributed by atoms with van der Waals surface area (Å²) in [6.07, 6.45) is 0. The van der Waals surface area contributed by atoms with E-state index in [4.69, 9.17) is 23.2 Å². The Kier molecular flexibility index (Phi) is 4.81. The fraction of sp³-hybridized carbons (Fsp3) is 0.250. The quantitative estimate of drug-likeness (QED) is 0.625. The smallest absolute Gasteiger partial charge is 0.310 e. The normalized spacial score (nSPS) is 12.5. The summed E-state index contributed by atoms with van der Waals surface area (Å²) in [7, 11) is 0. The SMILES string of the molecule is Cc1cc2c(C(C)C(=O)O)c(C)n(Cc3ccc(Cl)cc3)c2cc1Cl. The monoisotopic (exact) mass is 375 g/mol. The highest BCUT2D eigenvalue weighted by molar-refractivity contribution is 6.32. The van der Waals surface area contributed by atoms with Crippen molar-refractivity contribution in [2.75, 3.05) is 0 Å². The number of benzene rings is 2. The fourth-order valence-electron chi connectivity index (χ4n) is 3.28. The van der Waals surface area contributed by atoms with Gasteiger partial charge in [0, 0.05) is 27.7 Å². The molecule has 3 aromatic rings. The summed E-state index contributed by atoms with van der Waals surface area (Å²) < 4.78 is 2.12. The summed E-state index contributed by atoms with van der Waals surface area (Å²) in [4.78, 5) is 11.6. The van der Waals surface area contributed by atoms with Gasteiger partial charge in [0.15, 0.2) is 0 Å². The van der Waals surface area contributed by atoms with Crippen molar-refractivity contribution in [2.45, 2.75) is 33.2 Å². The van der Waals surface area contributed by atoms with Gasteiger partial charge in [0.2, 0.25) is 0 Å². The molecule has 0 fully saturated rings. The van der Waals surface area contributed by atoms with Crippen LogP contribution in [0, 0.1) is 13.8 Å². The molecule has 5 heteroatoms. The van der Waals surface area contributed by atoms with Crippen LogP contribution >= 0.6 is 23.2 Å². The van der Waals surface area contributed by atoms with E-state index < -0.39 is 11.9 Å². The van der Waals surface area contributed by atoms with Crippen LogP contribution in [0.1, 0.15) is 35.2 Å². The lowest BCUT2D eigenvalue weighted by atomic mass is 9.97. The molecule has 3 rings (SSSR count). The van der Waals surface area contributed by atoms with Gasteiger partial charge in [-0.15, -0.1) is 0 Å². The van der Waals surface area contributed by atoms with Crippen LogP contribution in [-0.4, -0.2) is 15.6 Å². The highest BCUT2D eigenvalue weighted by Crippen LogP contribution is 2.35. The molecule has 0 bridgehead atoms. The van der Waals surface area contributed by atoms with Crippen LogP contribution < -0.4 is 0 Å². The van der Waals surface area contributed by atoms with Gasteiger partial charge in [-0.2, -0.15) is 0 Å². The molecule has 0 radical (unpaired) electrons. The number of carbonyl (C=O) groups is 1. The van der Waals surface area contributed by atoms with Crippen molar-refractivity contribution in [3.05, 3.63) is 68.8 Å². The van der Waals surface area contributed by atoms with Crippen LogP contribution in [0.5, 0.6) is 0 Å². The van der Waals surface area contributed by atoms with E-state index in [2.05, 4.69) is 4.57 Å². The average molecular weight is 376 g/mol. The Morgan fingerprint density at radius 1 is 1.16 bits per heavy atom. The zero-order valence-corrected chi connectivity index (χ0v) is 15.8. The van der Waals surface area contributed by atoms with E-state index in [-0.39, 0.29) is 0 Å². The number of carboxylic acid groups (broad SMARTS) is 1. The first kappa shape index (κ1) is 17.8. The summed E-state index contributed by atoms with van der Waals surface area (Å²) in [5.41, 5.74) is 4.77. The third-order valence-electron chi connectivity index (χ3n) is 4.71. The average Bonchev–Trinajstić information content (AvgIpc) is 2.81. The van der Waals surface area contributed by atoms with Gasteiger partial charge in [0.25, 0.3) is 0 Å². The molecule has 0 spiro atoms. The van der Waals surface area contributed by atoms with Gasteiger partial charge in [0.1, 0.15) is 0 Å². The van der Waals surface area contributed by atoms with Crippen LogP contribution in [0.4, 0.5) is 0 Å². The van der Waals surface area contributed by atoms with Crippen molar-refractivity contribution >= 4 is 40.1 Å². The Hall–Kier alpha value is -1.97. The van der Waals surface area contributed by atoms with E-state index in [9.17, 15) is 9.90 Å². The van der Waals surface area contributed by atoms with Crippen molar-refractivity contribution in [2.24, 2.45) is 0 Å². The molecule has 130 valence electrons. The Bertz CT molecular complexity index is 958. The zero-order chi connectivity index (χ0) is 18.3. The highest BCUT2D eigenvalue weighted by Gasteiger charge is 2.24. The summed E-state index contributed by atoms with van der Waals surface area (Å²) in [6.45, 7) is 6.25. The van der Waals surface area contributed by atoms with E-state index in [0.29, 0.717) is 16.6 Å². The van der Waals surface area contributed by atoms with Gasteiger partial charge in [-0.1, -0.05) is 35.3 Å². The molecule has 2 aromatic carbocycles. The fourth-order valence-corrected chi connectivity index (χ4v) is 3.56. The first-order valence-electron chi connectivity index (χ1n) is 8.05. The molecule has 1 atom stereocenters. The van der Waals surface area contributed by atoms with E-state index in [1.807, 2.05) is 50.2 Å². The molecule has 0 saturated heterocycles. The Morgan fingerprint density at radius 3 is 2.40 bits per heavy atom. The number of aromatic nitrogens is 1. The maximum absolute atomic E-state index is 11.6. The van der Waals surface area contributed by atoms with E-state index in [0.717, 1.165) is 33.3 Å². The van der Waals surface area contributed by atoms with Crippen LogP contribution in [0.15, 0.2) is 36.4 Å². The molecule has 0 aliphatic rings. The van der Waals surface area contributed by atoms with Crippen LogP contribution in [0.3, 0.4) is 0 Å². The molecule has 0 aliphatic carbocycles. The minimum Gasteiger partial charge on any atom is -0.481 e. The first-order valence-corrected chi connectivity index (χ1v) is 8.81. The number of halogens is 2. The number of hydrogen-bond acceptors (Lipinski definition) is 1. The van der Waals surface area contributed by atoms with Gasteiger partial charge >= 0.3 is 5.97 Å². The molecule has 1 aromatic heterocycles. The van der Waals surface area contributed by atoms with Gasteiger partial charge in [-0.05, 0) is 61.7 Å². The number of hydrogen-bond donors (Lipinski definition) is 1. The van der Waals surface area contributed by atoms with Crippen LogP contribution in [0.2, 0.25) is 10.0 Å². The molecule has 0 aliphatic heterocycles. The third kappa shape index (κ3) is 3.26. The highest BCUT2D eigenvalue weighted by atomic mass is 35.5. The molecule has 0 saturated carbocycles. The first-order chi connectivity index (χ1) is 11.8. The third-order valence-corrected chi connectivity index (χ3v) is 5.37. The molecule has 0 amide bonds. The zero-order valence-electron chi connectivity index (χ0n) is 14.3. The van der Waals surface area contributed by atoms with Crippen LogP contribution in [-0.2, 0) is 11.3 Å². The molecule has 1 unspecified atom stereocenters. The number of carboxylic acids is 1.